The number of piperazine rings is 1. The second-order valence-electron chi connectivity index (χ2n) is 7.14. The number of nitrogens with zero attached hydrogens (tertiary/aromatic N) is 1. The fraction of sp³-hybridized carbons (Fsp3) is 0.667. The summed E-state index contributed by atoms with van der Waals surface area (Å²) in [5.41, 5.74) is 0. The van der Waals surface area contributed by atoms with Crippen molar-refractivity contribution in [1.82, 2.24) is 4.31 Å². The van der Waals surface area contributed by atoms with Gasteiger partial charge >= 0.3 is 0 Å². The van der Waals surface area contributed by atoms with Gasteiger partial charge in [0.1, 0.15) is 18.5 Å². The molecule has 152 valence electrons. The molecule has 0 aromatic heterocycles. The highest BCUT2D eigenvalue weighted by Gasteiger charge is 2.31. The van der Waals surface area contributed by atoms with E-state index >= 15 is 0 Å². The number of aliphatic hydroxyl groups excluding tert-OH is 1. The fourth-order valence-corrected chi connectivity index (χ4v) is 4.95. The van der Waals surface area contributed by atoms with E-state index in [4.69, 9.17) is 9.47 Å². The second kappa shape index (κ2) is 9.40. The van der Waals surface area contributed by atoms with Gasteiger partial charge in [-0.2, -0.15) is 4.31 Å². The molecule has 2 N–H and O–H groups in total. The lowest BCUT2D eigenvalue weighted by Crippen LogP contribution is -3.15. The van der Waals surface area contributed by atoms with Gasteiger partial charge in [-0.1, -0.05) is 0 Å². The molecule has 2 aliphatic heterocycles. The summed E-state index contributed by atoms with van der Waals surface area (Å²) in [7, 11) is -3.60. The van der Waals surface area contributed by atoms with Gasteiger partial charge in [0.15, 0.2) is 0 Å². The van der Waals surface area contributed by atoms with E-state index in [1.165, 1.54) is 16.4 Å². The van der Waals surface area contributed by atoms with E-state index in [9.17, 15) is 17.9 Å². The van der Waals surface area contributed by atoms with Gasteiger partial charge in [0, 0.05) is 6.61 Å². The van der Waals surface area contributed by atoms with Crippen LogP contribution in [0.15, 0.2) is 29.2 Å². The number of halogens is 1. The molecule has 7 nitrogen and oxygen atoms in total. The number of ether oxygens (including phenoxy) is 2. The Hall–Kier alpha value is -1.10. The molecule has 0 amide bonds. The molecule has 1 aromatic rings. The number of hydrogen-bond donors (Lipinski definition) is 2. The van der Waals surface area contributed by atoms with Crippen LogP contribution < -0.4 is 4.90 Å². The molecular formula is C18H28FN2O5S+. The molecule has 27 heavy (non-hydrogen) atoms. The van der Waals surface area contributed by atoms with Gasteiger partial charge < -0.3 is 19.5 Å². The van der Waals surface area contributed by atoms with Crippen LogP contribution >= 0.6 is 0 Å². The summed E-state index contributed by atoms with van der Waals surface area (Å²) in [6, 6.07) is 4.89. The highest BCUT2D eigenvalue weighted by atomic mass is 32.2. The number of hydrogen-bond acceptors (Lipinski definition) is 5. The van der Waals surface area contributed by atoms with Crippen molar-refractivity contribution in [3.05, 3.63) is 30.1 Å². The Bertz CT molecular complexity index is 686. The molecule has 2 heterocycles. The first kappa shape index (κ1) is 20.6. The average molecular weight is 403 g/mol. The lowest BCUT2D eigenvalue weighted by Gasteiger charge is -2.32. The van der Waals surface area contributed by atoms with E-state index in [2.05, 4.69) is 0 Å². The summed E-state index contributed by atoms with van der Waals surface area (Å²) in [5, 5.41) is 10.2. The number of sulfonamides is 1. The maximum atomic E-state index is 13.0. The van der Waals surface area contributed by atoms with Crippen molar-refractivity contribution in [2.24, 2.45) is 0 Å². The maximum Gasteiger partial charge on any atom is 0.243 e. The molecule has 0 spiro atoms. The lowest BCUT2D eigenvalue weighted by atomic mass is 10.2. The Labute approximate surface area is 159 Å². The minimum atomic E-state index is -3.60. The van der Waals surface area contributed by atoms with Gasteiger partial charge in [0.25, 0.3) is 0 Å². The third-order valence-corrected chi connectivity index (χ3v) is 6.96. The van der Waals surface area contributed by atoms with Crippen molar-refractivity contribution in [2.45, 2.75) is 29.9 Å². The minimum absolute atomic E-state index is 0.106. The molecule has 1 aromatic carbocycles. The van der Waals surface area contributed by atoms with Crippen LogP contribution in [0.4, 0.5) is 4.39 Å². The summed E-state index contributed by atoms with van der Waals surface area (Å²) in [6.07, 6.45) is 1.63. The largest absolute Gasteiger partial charge is 0.385 e. The zero-order chi connectivity index (χ0) is 19.3. The quantitative estimate of drug-likeness (QED) is 0.598. The van der Waals surface area contributed by atoms with Crippen LogP contribution in [-0.4, -0.2) is 82.6 Å². The Kier molecular flexibility index (Phi) is 7.18. The Morgan fingerprint density at radius 2 is 2.00 bits per heavy atom. The van der Waals surface area contributed by atoms with E-state index in [-0.39, 0.29) is 17.6 Å². The molecule has 2 atom stereocenters. The molecule has 3 rings (SSSR count). The molecule has 0 aliphatic carbocycles. The predicted octanol–water partition coefficient (Wildman–Crippen LogP) is -0.729. The van der Waals surface area contributed by atoms with Crippen molar-refractivity contribution < 1.29 is 32.3 Å². The molecule has 0 unspecified atom stereocenters. The first-order valence-corrected chi connectivity index (χ1v) is 10.9. The Morgan fingerprint density at radius 3 is 2.63 bits per heavy atom. The van der Waals surface area contributed by atoms with Crippen LogP contribution in [0.5, 0.6) is 0 Å². The number of benzene rings is 1. The minimum Gasteiger partial charge on any atom is -0.385 e. The summed E-state index contributed by atoms with van der Waals surface area (Å²) >= 11 is 0. The summed E-state index contributed by atoms with van der Waals surface area (Å²) in [5.74, 6) is -0.459. The molecule has 0 bridgehead atoms. The van der Waals surface area contributed by atoms with Crippen molar-refractivity contribution in [3.8, 4) is 0 Å². The molecule has 0 saturated carbocycles. The standard InChI is InChI=1S/C18H27FN2O5S/c19-15-3-5-18(6-4-15)27(23,24)21-9-7-20(8-10-21)12-16(22)13-25-14-17-2-1-11-26-17/h3-6,16-17,22H,1-2,7-14H2/p+1/t16-,17-/m0/s1. The van der Waals surface area contributed by atoms with Crippen LogP contribution in [0.3, 0.4) is 0 Å². The maximum absolute atomic E-state index is 13.0. The molecule has 0 radical (unpaired) electrons. The van der Waals surface area contributed by atoms with Crippen molar-refractivity contribution >= 4 is 10.0 Å². The van der Waals surface area contributed by atoms with E-state index in [0.717, 1.165) is 36.5 Å². The normalized spacial score (nSPS) is 23.6. The van der Waals surface area contributed by atoms with Gasteiger partial charge in [-0.25, -0.2) is 12.8 Å². The van der Waals surface area contributed by atoms with Gasteiger partial charge in [-0.3, -0.25) is 0 Å². The number of nitrogens with one attached hydrogen (secondary N) is 1. The van der Waals surface area contributed by atoms with Gasteiger partial charge in [0.05, 0.1) is 50.4 Å². The van der Waals surface area contributed by atoms with E-state index in [0.29, 0.717) is 39.3 Å². The summed E-state index contributed by atoms with van der Waals surface area (Å²) in [6.45, 7) is 4.06. The topological polar surface area (TPSA) is 80.5 Å². The first-order valence-electron chi connectivity index (χ1n) is 9.42. The summed E-state index contributed by atoms with van der Waals surface area (Å²) in [4.78, 5) is 1.25. The van der Waals surface area contributed by atoms with Crippen LogP contribution in [0, 0.1) is 5.82 Å². The molecule has 2 fully saturated rings. The highest BCUT2D eigenvalue weighted by molar-refractivity contribution is 7.89. The molecule has 9 heteroatoms. The molecule has 2 saturated heterocycles. The number of rotatable bonds is 8. The monoisotopic (exact) mass is 403 g/mol. The van der Waals surface area contributed by atoms with Gasteiger partial charge in [-0.15, -0.1) is 0 Å². The SMILES string of the molecule is O=S(=O)(c1ccc(F)cc1)N1CC[NH+](C[C@H](O)COC[C@@H]2CCCO2)CC1. The zero-order valence-corrected chi connectivity index (χ0v) is 16.2. The van der Waals surface area contributed by atoms with Crippen molar-refractivity contribution in [1.29, 1.82) is 0 Å². The average Bonchev–Trinajstić information content (AvgIpc) is 3.16. The van der Waals surface area contributed by atoms with E-state index in [1.807, 2.05) is 0 Å². The smallest absolute Gasteiger partial charge is 0.243 e. The van der Waals surface area contributed by atoms with Crippen molar-refractivity contribution in [2.75, 3.05) is 52.5 Å². The fourth-order valence-electron chi connectivity index (χ4n) is 3.51. The Balaban J connectivity index is 1.40. The van der Waals surface area contributed by atoms with Crippen LogP contribution in [0.2, 0.25) is 0 Å². The van der Waals surface area contributed by atoms with E-state index < -0.39 is 21.9 Å². The number of quaternary nitrogens is 1. The Morgan fingerprint density at radius 1 is 1.30 bits per heavy atom. The highest BCUT2D eigenvalue weighted by Crippen LogP contribution is 2.16. The van der Waals surface area contributed by atoms with Crippen LogP contribution in [0.1, 0.15) is 12.8 Å². The van der Waals surface area contributed by atoms with Gasteiger partial charge in [0.2, 0.25) is 10.0 Å². The van der Waals surface area contributed by atoms with Gasteiger partial charge in [-0.05, 0) is 37.1 Å². The van der Waals surface area contributed by atoms with Crippen molar-refractivity contribution in [3.63, 3.8) is 0 Å². The number of aliphatic hydroxyl groups is 1. The molecular weight excluding hydrogens is 375 g/mol. The molecule has 2 aliphatic rings. The second-order valence-corrected chi connectivity index (χ2v) is 9.08. The van der Waals surface area contributed by atoms with Crippen LogP contribution in [-0.2, 0) is 19.5 Å². The first-order chi connectivity index (χ1) is 12.9. The zero-order valence-electron chi connectivity index (χ0n) is 15.3. The predicted molar refractivity (Wildman–Crippen MR) is 96.5 cm³/mol. The summed E-state index contributed by atoms with van der Waals surface area (Å²) < 4.78 is 50.7. The van der Waals surface area contributed by atoms with Crippen LogP contribution in [0.25, 0.3) is 0 Å². The third-order valence-electron chi connectivity index (χ3n) is 5.04. The lowest BCUT2D eigenvalue weighted by molar-refractivity contribution is -0.906. The van der Waals surface area contributed by atoms with E-state index in [1.54, 1.807) is 0 Å². The third kappa shape index (κ3) is 5.69.